The highest BCUT2D eigenvalue weighted by Gasteiger charge is 2.59. The van der Waals surface area contributed by atoms with Crippen molar-refractivity contribution < 1.29 is 124 Å². The zero-order valence-electron chi connectivity index (χ0n) is 31.9. The summed E-state index contributed by atoms with van der Waals surface area (Å²) in [5, 5.41) is 155. The standard InChI is InChI=1S/C32H58N2O25/c1-10(39)27(56-24-17(8-38)55-28(52-2)23(47)22(24)46)54-15(6-36)14(43)9-53-31(29(48)49)3-11(40)19(34)26(58-31)21(45)16(7-37)57-32(30(50)51)4-12(41)18(33)25(59-32)20(44)13(42)5-35/h10-28,35-47H,3-9,33-34H2,1-2H3,(H,48,49)(H,50,51)/t10-,11+,12+,13+,14+,15?,16+,17?,18+,19+,20+,21+,22+,23?,24+,25?,26?,27-,28+,31+,32+/m0/s1. The summed E-state index contributed by atoms with van der Waals surface area (Å²) in [5.74, 6) is -10.0. The fourth-order valence-corrected chi connectivity index (χ4v) is 6.69. The van der Waals surface area contributed by atoms with Crippen molar-refractivity contribution in [2.75, 3.05) is 40.1 Å². The van der Waals surface area contributed by atoms with Gasteiger partial charge in [0, 0.05) is 20.0 Å². The van der Waals surface area contributed by atoms with Gasteiger partial charge >= 0.3 is 11.9 Å². The van der Waals surface area contributed by atoms with Gasteiger partial charge in [0.05, 0.1) is 57.3 Å². The van der Waals surface area contributed by atoms with Crippen molar-refractivity contribution in [1.82, 2.24) is 0 Å². The van der Waals surface area contributed by atoms with Crippen molar-refractivity contribution >= 4 is 11.9 Å². The molecule has 0 bridgehead atoms. The average Bonchev–Trinajstić information content (AvgIpc) is 3.20. The fourth-order valence-electron chi connectivity index (χ4n) is 6.69. The zero-order chi connectivity index (χ0) is 44.7. The first-order valence-electron chi connectivity index (χ1n) is 18.3. The van der Waals surface area contributed by atoms with Gasteiger partial charge in [0.1, 0.15) is 79.4 Å². The van der Waals surface area contributed by atoms with E-state index in [2.05, 4.69) is 0 Å². The van der Waals surface area contributed by atoms with E-state index < -0.39 is 186 Å². The number of methoxy groups -OCH3 is 1. The molecule has 0 aromatic rings. The van der Waals surface area contributed by atoms with E-state index in [0.717, 1.165) is 14.0 Å². The Balaban J connectivity index is 1.82. The molecular weight excluding hydrogens is 812 g/mol. The Morgan fingerprint density at radius 3 is 1.76 bits per heavy atom. The van der Waals surface area contributed by atoms with Gasteiger partial charge < -0.3 is 126 Å². The second kappa shape index (κ2) is 21.9. The van der Waals surface area contributed by atoms with Crippen LogP contribution in [0, 0.1) is 0 Å². The molecular formula is C32H58N2O25. The molecule has 3 aliphatic heterocycles. The molecule has 21 atom stereocenters. The first-order valence-corrected chi connectivity index (χ1v) is 18.3. The molecule has 19 N–H and O–H groups in total. The number of aliphatic carboxylic acids is 2. The summed E-state index contributed by atoms with van der Waals surface area (Å²) in [6.45, 7) is -4.17. The average molecular weight is 871 g/mol. The maximum absolute atomic E-state index is 12.7. The highest BCUT2D eigenvalue weighted by Crippen LogP contribution is 2.37. The summed E-state index contributed by atoms with van der Waals surface area (Å²) in [5.41, 5.74) is 11.9. The van der Waals surface area contributed by atoms with E-state index in [1.807, 2.05) is 0 Å². The van der Waals surface area contributed by atoms with E-state index in [9.17, 15) is 86.2 Å². The first kappa shape index (κ1) is 51.4. The lowest BCUT2D eigenvalue weighted by atomic mass is 9.88. The summed E-state index contributed by atoms with van der Waals surface area (Å²) in [7, 11) is 1.16. The number of aliphatic hydroxyl groups is 13. The van der Waals surface area contributed by atoms with E-state index in [0.29, 0.717) is 0 Å². The van der Waals surface area contributed by atoms with Crippen LogP contribution >= 0.6 is 0 Å². The van der Waals surface area contributed by atoms with Gasteiger partial charge in [0.2, 0.25) is 0 Å². The van der Waals surface area contributed by atoms with Crippen molar-refractivity contribution in [1.29, 1.82) is 0 Å². The van der Waals surface area contributed by atoms with Crippen LogP contribution in [0.1, 0.15) is 19.8 Å². The normalized spacial score (nSPS) is 39.6. The van der Waals surface area contributed by atoms with E-state index in [1.165, 1.54) is 0 Å². The smallest absolute Gasteiger partial charge is 0.364 e. The summed E-state index contributed by atoms with van der Waals surface area (Å²) in [6, 6.07) is -3.28. The lowest BCUT2D eigenvalue weighted by Crippen LogP contribution is -2.69. The quantitative estimate of drug-likeness (QED) is 0.0449. The number of hydrogen-bond acceptors (Lipinski definition) is 25. The Morgan fingerprint density at radius 1 is 0.763 bits per heavy atom. The molecule has 27 heteroatoms. The van der Waals surface area contributed by atoms with Crippen LogP contribution in [0.4, 0.5) is 0 Å². The van der Waals surface area contributed by atoms with E-state index in [4.69, 9.17) is 49.4 Å². The van der Waals surface area contributed by atoms with Gasteiger partial charge in [0.15, 0.2) is 12.6 Å². The number of carboxylic acid groups (broad SMARTS) is 2. The number of ether oxygens (including phenoxy) is 8. The summed E-state index contributed by atoms with van der Waals surface area (Å²) < 4.78 is 43.2. The van der Waals surface area contributed by atoms with Crippen LogP contribution in [0.25, 0.3) is 0 Å². The molecule has 27 nitrogen and oxygen atoms in total. The van der Waals surface area contributed by atoms with Crippen molar-refractivity contribution in [2.45, 2.75) is 148 Å². The number of rotatable bonds is 22. The third kappa shape index (κ3) is 11.5. The van der Waals surface area contributed by atoms with Crippen molar-refractivity contribution in [3.8, 4) is 0 Å². The number of nitrogens with two attached hydrogens (primary N) is 2. The predicted octanol–water partition coefficient (Wildman–Crippen LogP) is -10.1. The summed E-state index contributed by atoms with van der Waals surface area (Å²) in [6.07, 6.45) is -33.4. The molecule has 0 radical (unpaired) electrons. The molecule has 346 valence electrons. The Bertz CT molecular complexity index is 1320. The minimum absolute atomic E-state index is 0.776. The van der Waals surface area contributed by atoms with Gasteiger partial charge in [-0.25, -0.2) is 9.59 Å². The highest BCUT2D eigenvalue weighted by molar-refractivity contribution is 5.76. The molecule has 3 heterocycles. The van der Waals surface area contributed by atoms with Crippen LogP contribution in [0.5, 0.6) is 0 Å². The van der Waals surface area contributed by atoms with Gasteiger partial charge in [0.25, 0.3) is 11.6 Å². The SMILES string of the molecule is CO[C@@H]1OC(CO)[C@@H](O[C@H](OC(CO)[C@H](O)CO[C@]2(C(=O)O)C[C@@H](O)[C@@H](N)C([C@H](O)[C@@H](CO)O[C@]3(C(=O)O)C[C@@H](O)[C@@H](N)C([C@H](O)[C@H](O)CO)O3)O2)[C@H](C)O)[C@H](O)C1O. The third-order valence-electron chi connectivity index (χ3n) is 10.2. The lowest BCUT2D eigenvalue weighted by Gasteiger charge is -2.48. The largest absolute Gasteiger partial charge is 0.477 e. The van der Waals surface area contributed by atoms with Crippen LogP contribution in [-0.4, -0.2) is 256 Å². The monoisotopic (exact) mass is 870 g/mol. The Morgan fingerprint density at radius 2 is 1.29 bits per heavy atom. The second-order valence-electron chi connectivity index (χ2n) is 14.4. The van der Waals surface area contributed by atoms with Gasteiger partial charge in [-0.1, -0.05) is 0 Å². The molecule has 0 aliphatic carbocycles. The van der Waals surface area contributed by atoms with E-state index in [1.54, 1.807) is 0 Å². The topological polar surface area (TPSA) is 463 Å². The maximum Gasteiger partial charge on any atom is 0.364 e. The van der Waals surface area contributed by atoms with Gasteiger partial charge in [-0.15, -0.1) is 0 Å². The van der Waals surface area contributed by atoms with Crippen LogP contribution in [0.3, 0.4) is 0 Å². The summed E-state index contributed by atoms with van der Waals surface area (Å²) >= 11 is 0. The van der Waals surface area contributed by atoms with E-state index >= 15 is 0 Å². The highest BCUT2D eigenvalue weighted by atomic mass is 16.8. The Kier molecular flexibility index (Phi) is 19.1. The van der Waals surface area contributed by atoms with Gasteiger partial charge in [-0.2, -0.15) is 0 Å². The fraction of sp³-hybridized carbons (Fsp3) is 0.938. The lowest BCUT2D eigenvalue weighted by molar-refractivity contribution is -0.347. The molecule has 3 saturated heterocycles. The van der Waals surface area contributed by atoms with Gasteiger partial charge in [-0.3, -0.25) is 0 Å². The molecule has 0 saturated carbocycles. The predicted molar refractivity (Wildman–Crippen MR) is 184 cm³/mol. The molecule has 5 unspecified atom stereocenters. The number of aliphatic hydroxyl groups excluding tert-OH is 13. The molecule has 3 rings (SSSR count). The molecule has 3 aliphatic rings. The molecule has 0 aromatic heterocycles. The number of carboxylic acids is 2. The first-order chi connectivity index (χ1) is 27.6. The Labute approximate surface area is 335 Å². The third-order valence-corrected chi connectivity index (χ3v) is 10.2. The minimum Gasteiger partial charge on any atom is -0.477 e. The molecule has 0 aromatic carbocycles. The van der Waals surface area contributed by atoms with Crippen molar-refractivity contribution in [3.05, 3.63) is 0 Å². The minimum atomic E-state index is -3.05. The molecule has 0 amide bonds. The second-order valence-corrected chi connectivity index (χ2v) is 14.4. The van der Waals surface area contributed by atoms with E-state index in [-0.39, 0.29) is 0 Å². The van der Waals surface area contributed by atoms with Crippen molar-refractivity contribution in [3.63, 3.8) is 0 Å². The maximum atomic E-state index is 12.7. The molecule has 3 fully saturated rings. The van der Waals surface area contributed by atoms with Crippen LogP contribution in [-0.2, 0) is 47.5 Å². The van der Waals surface area contributed by atoms with Crippen LogP contribution < -0.4 is 11.5 Å². The van der Waals surface area contributed by atoms with Crippen LogP contribution in [0.15, 0.2) is 0 Å². The zero-order valence-corrected chi connectivity index (χ0v) is 31.9. The van der Waals surface area contributed by atoms with Crippen molar-refractivity contribution in [2.24, 2.45) is 11.5 Å². The summed E-state index contributed by atoms with van der Waals surface area (Å²) in [4.78, 5) is 25.2. The van der Waals surface area contributed by atoms with Crippen LogP contribution in [0.2, 0.25) is 0 Å². The number of carbonyl (C=O) groups is 2. The van der Waals surface area contributed by atoms with Gasteiger partial charge in [-0.05, 0) is 6.92 Å². The Hall–Kier alpha value is -1.98. The molecule has 59 heavy (non-hydrogen) atoms. The number of hydrogen-bond donors (Lipinski definition) is 17. The molecule has 0 spiro atoms.